The van der Waals surface area contributed by atoms with E-state index in [2.05, 4.69) is 54.5 Å². The Hall–Kier alpha value is -0.790. The van der Waals surface area contributed by atoms with Gasteiger partial charge in [0.05, 0.1) is 0 Å². The van der Waals surface area contributed by atoms with Crippen LogP contribution in [0.3, 0.4) is 0 Å². The van der Waals surface area contributed by atoms with E-state index in [-0.39, 0.29) is 12.1 Å². The fraction of sp³-hybridized carbons (Fsp3) is 0.932. The molecule has 9 unspecified atom stereocenters. The number of carbonyl (C=O) groups is 1. The minimum Gasteiger partial charge on any atom is -0.462 e. The molecule has 4 rings (SSSR count). The molecule has 3 saturated carbocycles. The first kappa shape index (κ1) is 38.0. The average molecular weight is 639 g/mol. The zero-order chi connectivity index (χ0) is 33.2. The van der Waals surface area contributed by atoms with Gasteiger partial charge in [-0.3, -0.25) is 4.79 Å². The number of hydrogen-bond donors (Lipinski definition) is 0. The first-order valence-electron chi connectivity index (χ1n) is 21.0. The molecular weight excluding hydrogens is 560 g/mol. The highest BCUT2D eigenvalue weighted by atomic mass is 16.5. The summed E-state index contributed by atoms with van der Waals surface area (Å²) in [7, 11) is 0. The highest BCUT2D eigenvalue weighted by Gasteiger charge is 2.59. The van der Waals surface area contributed by atoms with Crippen molar-refractivity contribution in [3.63, 3.8) is 0 Å². The van der Waals surface area contributed by atoms with Gasteiger partial charge in [-0.05, 0) is 104 Å². The second-order valence-corrected chi connectivity index (χ2v) is 18.1. The maximum Gasteiger partial charge on any atom is 0.306 e. The van der Waals surface area contributed by atoms with E-state index in [1.165, 1.54) is 128 Å². The molecule has 0 aromatic heterocycles. The molecule has 0 saturated heterocycles. The van der Waals surface area contributed by atoms with E-state index < -0.39 is 0 Å². The maximum atomic E-state index is 12.8. The molecule has 4 aliphatic carbocycles. The van der Waals surface area contributed by atoms with E-state index in [9.17, 15) is 4.79 Å². The van der Waals surface area contributed by atoms with Crippen molar-refractivity contribution in [2.24, 2.45) is 52.3 Å². The normalized spacial score (nSPS) is 33.6. The maximum absolute atomic E-state index is 12.8. The number of rotatable bonds is 20. The van der Waals surface area contributed by atoms with Crippen LogP contribution in [0.5, 0.6) is 0 Å². The Labute approximate surface area is 287 Å². The molecule has 9 atom stereocenters. The van der Waals surface area contributed by atoms with Gasteiger partial charge >= 0.3 is 5.97 Å². The Morgan fingerprint density at radius 1 is 0.783 bits per heavy atom. The molecule has 0 aromatic rings. The lowest BCUT2D eigenvalue weighted by atomic mass is 9.47. The van der Waals surface area contributed by atoms with Crippen molar-refractivity contribution >= 4 is 5.97 Å². The third kappa shape index (κ3) is 9.67. The van der Waals surface area contributed by atoms with Crippen molar-refractivity contribution in [3.8, 4) is 0 Å². The summed E-state index contributed by atoms with van der Waals surface area (Å²) in [6, 6.07) is 0. The van der Waals surface area contributed by atoms with Crippen molar-refractivity contribution in [1.82, 2.24) is 0 Å². The van der Waals surface area contributed by atoms with E-state index in [0.29, 0.717) is 17.3 Å². The summed E-state index contributed by atoms with van der Waals surface area (Å²) in [5.74, 6) is 6.11. The van der Waals surface area contributed by atoms with Crippen molar-refractivity contribution < 1.29 is 9.53 Å². The summed E-state index contributed by atoms with van der Waals surface area (Å²) >= 11 is 0. The summed E-state index contributed by atoms with van der Waals surface area (Å²) < 4.78 is 6.13. The minimum atomic E-state index is 0.0632. The van der Waals surface area contributed by atoms with Gasteiger partial charge in [0.1, 0.15) is 6.10 Å². The lowest BCUT2D eigenvalue weighted by molar-refractivity contribution is -0.151. The van der Waals surface area contributed by atoms with Crippen LogP contribution in [0.1, 0.15) is 203 Å². The first-order chi connectivity index (χ1) is 22.1. The summed E-state index contributed by atoms with van der Waals surface area (Å²) in [5.41, 5.74) is 2.52. The summed E-state index contributed by atoms with van der Waals surface area (Å²) in [6.07, 6.45) is 34.0. The van der Waals surface area contributed by atoms with Crippen LogP contribution < -0.4 is 0 Å². The molecule has 2 nitrogen and oxygen atoms in total. The molecule has 3 fully saturated rings. The van der Waals surface area contributed by atoms with Crippen LogP contribution in [-0.4, -0.2) is 12.1 Å². The highest BCUT2D eigenvalue weighted by Crippen LogP contribution is 2.67. The Morgan fingerprint density at radius 2 is 1.41 bits per heavy atom. The second-order valence-electron chi connectivity index (χ2n) is 18.1. The van der Waals surface area contributed by atoms with Crippen molar-refractivity contribution in [3.05, 3.63) is 11.6 Å². The summed E-state index contributed by atoms with van der Waals surface area (Å²) in [5, 5.41) is 0. The van der Waals surface area contributed by atoms with Crippen LogP contribution in [-0.2, 0) is 9.53 Å². The van der Waals surface area contributed by atoms with Crippen LogP contribution in [0.25, 0.3) is 0 Å². The minimum absolute atomic E-state index is 0.0632. The molecule has 0 amide bonds. The number of carbonyl (C=O) groups excluding carboxylic acids is 1. The Bertz CT molecular complexity index is 934. The van der Waals surface area contributed by atoms with Gasteiger partial charge in [-0.15, -0.1) is 0 Å². The zero-order valence-electron chi connectivity index (χ0n) is 32.0. The SMILES string of the molecule is CCCCCCCCCCCCCCCC(=O)OC1CCC2(C)C(=CCC3C2CCC2(C)C(C(C)CCC(C)C(C)C)CCC32)C1. The first-order valence-corrected chi connectivity index (χ1v) is 21.0. The highest BCUT2D eigenvalue weighted by molar-refractivity contribution is 5.69. The smallest absolute Gasteiger partial charge is 0.306 e. The molecule has 0 aliphatic heterocycles. The predicted molar refractivity (Wildman–Crippen MR) is 198 cm³/mol. The van der Waals surface area contributed by atoms with Crippen LogP contribution in [0.4, 0.5) is 0 Å². The van der Waals surface area contributed by atoms with Gasteiger partial charge in [0.25, 0.3) is 0 Å². The zero-order valence-corrected chi connectivity index (χ0v) is 32.0. The molecule has 0 bridgehead atoms. The number of unbranched alkanes of at least 4 members (excludes halogenated alkanes) is 12. The van der Waals surface area contributed by atoms with Crippen LogP contribution in [0, 0.1) is 52.3 Å². The third-order valence-electron chi connectivity index (χ3n) is 14.8. The fourth-order valence-electron chi connectivity index (χ4n) is 11.3. The summed E-state index contributed by atoms with van der Waals surface area (Å²) in [4.78, 5) is 12.8. The monoisotopic (exact) mass is 639 g/mol. The van der Waals surface area contributed by atoms with E-state index in [4.69, 9.17) is 4.74 Å². The standard InChI is InChI=1S/C44H78O2/c1-8-9-10-11-12-13-14-15-16-17-18-19-20-21-42(45)46-37-28-30-43(6)36(32-37)24-25-38-40-27-26-39(44(40,7)31-29-41(38)43)35(5)23-22-34(4)33(2)3/h24,33-35,37-41H,8-23,25-32H2,1-7H3. The number of ether oxygens (including phenoxy) is 1. The summed E-state index contributed by atoms with van der Waals surface area (Å²) in [6.45, 7) is 17.5. The van der Waals surface area contributed by atoms with Gasteiger partial charge in [0.2, 0.25) is 0 Å². The molecule has 0 heterocycles. The molecule has 0 spiro atoms. The Balaban J connectivity index is 1.15. The van der Waals surface area contributed by atoms with E-state index in [1.807, 2.05) is 0 Å². The number of hydrogen-bond acceptors (Lipinski definition) is 2. The van der Waals surface area contributed by atoms with Gasteiger partial charge in [0, 0.05) is 12.8 Å². The molecule has 4 aliphatic rings. The van der Waals surface area contributed by atoms with Crippen molar-refractivity contribution in [2.75, 3.05) is 0 Å². The van der Waals surface area contributed by atoms with E-state index >= 15 is 0 Å². The molecule has 0 N–H and O–H groups in total. The van der Waals surface area contributed by atoms with Crippen molar-refractivity contribution in [1.29, 1.82) is 0 Å². The Morgan fingerprint density at radius 3 is 2.04 bits per heavy atom. The van der Waals surface area contributed by atoms with Gasteiger partial charge < -0.3 is 4.74 Å². The molecule has 0 aromatic carbocycles. The number of esters is 1. The van der Waals surface area contributed by atoms with Crippen LogP contribution in [0.15, 0.2) is 11.6 Å². The molecule has 2 heteroatoms. The molecule has 0 radical (unpaired) electrons. The van der Waals surface area contributed by atoms with Crippen molar-refractivity contribution in [2.45, 2.75) is 209 Å². The predicted octanol–water partition coefficient (Wildman–Crippen LogP) is 13.7. The molecular formula is C44H78O2. The quantitative estimate of drug-likeness (QED) is 0.0753. The van der Waals surface area contributed by atoms with Crippen LogP contribution in [0.2, 0.25) is 0 Å². The van der Waals surface area contributed by atoms with Crippen LogP contribution >= 0.6 is 0 Å². The topological polar surface area (TPSA) is 26.3 Å². The van der Waals surface area contributed by atoms with E-state index in [1.54, 1.807) is 5.57 Å². The van der Waals surface area contributed by atoms with E-state index in [0.717, 1.165) is 60.7 Å². The molecule has 266 valence electrons. The van der Waals surface area contributed by atoms with Gasteiger partial charge in [0.15, 0.2) is 0 Å². The van der Waals surface area contributed by atoms with Gasteiger partial charge in [-0.1, -0.05) is 150 Å². The largest absolute Gasteiger partial charge is 0.462 e. The lowest BCUT2D eigenvalue weighted by Gasteiger charge is -2.58. The fourth-order valence-corrected chi connectivity index (χ4v) is 11.3. The van der Waals surface area contributed by atoms with Gasteiger partial charge in [-0.2, -0.15) is 0 Å². The van der Waals surface area contributed by atoms with Gasteiger partial charge in [-0.25, -0.2) is 0 Å². The number of fused-ring (bicyclic) bond motifs is 5. The molecule has 46 heavy (non-hydrogen) atoms. The average Bonchev–Trinajstić information content (AvgIpc) is 3.39. The number of allylic oxidation sites excluding steroid dienone is 1. The second kappa shape index (κ2) is 18.3. The third-order valence-corrected chi connectivity index (χ3v) is 14.8. The Kier molecular flexibility index (Phi) is 15.1. The lowest BCUT2D eigenvalue weighted by Crippen LogP contribution is -2.51.